The van der Waals surface area contributed by atoms with E-state index in [4.69, 9.17) is 16.3 Å². The van der Waals surface area contributed by atoms with Crippen molar-refractivity contribution in [3.63, 3.8) is 0 Å². The Bertz CT molecular complexity index is 517. The maximum atomic E-state index is 11.8. The van der Waals surface area contributed by atoms with Crippen LogP contribution in [-0.2, 0) is 10.2 Å². The molecule has 0 spiro atoms. The quantitative estimate of drug-likeness (QED) is 0.897. The monoisotopic (exact) mass is 296 g/mol. The maximum absolute atomic E-state index is 11.8. The van der Waals surface area contributed by atoms with Crippen molar-refractivity contribution in [1.29, 1.82) is 0 Å². The Hall–Kier alpha value is -1.22. The van der Waals surface area contributed by atoms with Crippen LogP contribution in [0.3, 0.4) is 0 Å². The molecule has 0 atom stereocenters. The van der Waals surface area contributed by atoms with Gasteiger partial charge in [-0.05, 0) is 36.5 Å². The van der Waals surface area contributed by atoms with E-state index in [1.807, 2.05) is 26.0 Å². The number of carboxylic acid groups (broad SMARTS) is 1. The van der Waals surface area contributed by atoms with Crippen LogP contribution in [0.1, 0.15) is 56.6 Å². The van der Waals surface area contributed by atoms with Crippen LogP contribution < -0.4 is 4.74 Å². The van der Waals surface area contributed by atoms with Gasteiger partial charge in [-0.1, -0.05) is 38.3 Å². The zero-order chi connectivity index (χ0) is 14.9. The number of aliphatic carboxylic acids is 1. The van der Waals surface area contributed by atoms with Gasteiger partial charge in [0.15, 0.2) is 0 Å². The molecule has 4 heteroatoms. The first-order chi connectivity index (χ1) is 9.42. The summed E-state index contributed by atoms with van der Waals surface area (Å²) in [5.74, 6) is 0.163. The normalized spacial score (nSPS) is 17.4. The average molecular weight is 297 g/mol. The van der Waals surface area contributed by atoms with Crippen molar-refractivity contribution in [3.8, 4) is 5.75 Å². The second-order valence-corrected chi connectivity index (χ2v) is 6.23. The van der Waals surface area contributed by atoms with Gasteiger partial charge >= 0.3 is 5.97 Å². The van der Waals surface area contributed by atoms with Crippen LogP contribution in [0, 0.1) is 0 Å². The Balaban J connectivity index is 2.58. The van der Waals surface area contributed by atoms with E-state index in [1.54, 1.807) is 7.11 Å². The number of hydrogen-bond donors (Lipinski definition) is 1. The Labute approximate surface area is 124 Å². The number of hydrogen-bond acceptors (Lipinski definition) is 2. The molecule has 0 bridgehead atoms. The highest BCUT2D eigenvalue weighted by Gasteiger charge is 2.43. The van der Waals surface area contributed by atoms with Crippen molar-refractivity contribution < 1.29 is 14.6 Å². The van der Waals surface area contributed by atoms with Crippen LogP contribution in [0.25, 0.3) is 0 Å². The number of benzene rings is 1. The van der Waals surface area contributed by atoms with Crippen LogP contribution in [-0.4, -0.2) is 18.2 Å². The molecule has 0 aromatic heterocycles. The van der Waals surface area contributed by atoms with Crippen LogP contribution >= 0.6 is 11.6 Å². The number of halogens is 1. The molecule has 1 N–H and O–H groups in total. The molecule has 110 valence electrons. The van der Waals surface area contributed by atoms with Crippen LogP contribution in [0.2, 0.25) is 5.02 Å². The minimum absolute atomic E-state index is 0.232. The molecule has 1 aromatic rings. The Kier molecular flexibility index (Phi) is 4.28. The third kappa shape index (κ3) is 2.39. The van der Waals surface area contributed by atoms with Gasteiger partial charge in [0.25, 0.3) is 0 Å². The largest absolute Gasteiger partial charge is 0.496 e. The van der Waals surface area contributed by atoms with Crippen molar-refractivity contribution in [1.82, 2.24) is 0 Å². The molecule has 1 saturated carbocycles. The summed E-state index contributed by atoms with van der Waals surface area (Å²) in [6.45, 7) is 4.10. The molecule has 1 aromatic carbocycles. The standard InChI is InChI=1S/C16H21ClO3/c1-10(2)14-12(17)8-11(9-13(14)20-3)16(15(18)19)6-4-5-7-16/h8-10H,4-7H2,1-3H3,(H,18,19). The van der Waals surface area contributed by atoms with E-state index >= 15 is 0 Å². The van der Waals surface area contributed by atoms with Crippen molar-refractivity contribution >= 4 is 17.6 Å². The first kappa shape index (κ1) is 15.2. The van der Waals surface area contributed by atoms with Gasteiger partial charge in [-0.25, -0.2) is 0 Å². The fourth-order valence-electron chi connectivity index (χ4n) is 3.20. The topological polar surface area (TPSA) is 46.5 Å². The Morgan fingerprint density at radius 1 is 1.35 bits per heavy atom. The second-order valence-electron chi connectivity index (χ2n) is 5.82. The fourth-order valence-corrected chi connectivity index (χ4v) is 3.63. The molecule has 1 aliphatic rings. The highest BCUT2D eigenvalue weighted by molar-refractivity contribution is 6.31. The van der Waals surface area contributed by atoms with Gasteiger partial charge in [0.1, 0.15) is 5.75 Å². The predicted octanol–water partition coefficient (Wildman–Crippen LogP) is 4.37. The zero-order valence-corrected chi connectivity index (χ0v) is 13.0. The number of rotatable bonds is 4. The van der Waals surface area contributed by atoms with Gasteiger partial charge in [-0.2, -0.15) is 0 Å². The summed E-state index contributed by atoms with van der Waals surface area (Å²) < 4.78 is 5.44. The van der Waals surface area contributed by atoms with E-state index in [1.165, 1.54) is 0 Å². The minimum Gasteiger partial charge on any atom is -0.496 e. The number of carboxylic acids is 1. The molecular weight excluding hydrogens is 276 g/mol. The average Bonchev–Trinajstić information content (AvgIpc) is 2.87. The molecule has 0 heterocycles. The van der Waals surface area contributed by atoms with E-state index < -0.39 is 11.4 Å². The lowest BCUT2D eigenvalue weighted by molar-refractivity contribution is -0.143. The van der Waals surface area contributed by atoms with Crippen molar-refractivity contribution in [2.45, 2.75) is 50.9 Å². The van der Waals surface area contributed by atoms with Gasteiger partial charge in [0, 0.05) is 10.6 Å². The summed E-state index contributed by atoms with van der Waals surface area (Å²) in [7, 11) is 1.60. The van der Waals surface area contributed by atoms with E-state index in [0.717, 1.165) is 24.0 Å². The number of methoxy groups -OCH3 is 1. The molecule has 3 nitrogen and oxygen atoms in total. The summed E-state index contributed by atoms with van der Waals surface area (Å²) in [4.78, 5) is 11.8. The lowest BCUT2D eigenvalue weighted by atomic mass is 9.78. The lowest BCUT2D eigenvalue weighted by Crippen LogP contribution is -2.32. The second kappa shape index (κ2) is 5.65. The van der Waals surface area contributed by atoms with Gasteiger partial charge in [-0.3, -0.25) is 4.79 Å². The smallest absolute Gasteiger partial charge is 0.314 e. The third-order valence-electron chi connectivity index (χ3n) is 4.31. The van der Waals surface area contributed by atoms with Crippen molar-refractivity contribution in [2.24, 2.45) is 0 Å². The van der Waals surface area contributed by atoms with Crippen LogP contribution in [0.4, 0.5) is 0 Å². The molecule has 20 heavy (non-hydrogen) atoms. The van der Waals surface area contributed by atoms with E-state index in [9.17, 15) is 9.90 Å². The summed E-state index contributed by atoms with van der Waals surface area (Å²) in [5, 5.41) is 10.3. The number of ether oxygens (including phenoxy) is 1. The Morgan fingerprint density at radius 3 is 2.40 bits per heavy atom. The summed E-state index contributed by atoms with van der Waals surface area (Å²) >= 11 is 6.38. The van der Waals surface area contributed by atoms with Crippen LogP contribution in [0.5, 0.6) is 5.75 Å². The first-order valence-corrected chi connectivity index (χ1v) is 7.41. The lowest BCUT2D eigenvalue weighted by Gasteiger charge is -2.26. The summed E-state index contributed by atoms with van der Waals surface area (Å²) in [6.07, 6.45) is 3.22. The molecule has 2 rings (SSSR count). The molecular formula is C16H21ClO3. The molecule has 0 amide bonds. The van der Waals surface area contributed by atoms with Gasteiger partial charge in [0.05, 0.1) is 12.5 Å². The van der Waals surface area contributed by atoms with E-state index in [-0.39, 0.29) is 5.92 Å². The molecule has 1 aliphatic carbocycles. The highest BCUT2D eigenvalue weighted by atomic mass is 35.5. The molecule has 0 aliphatic heterocycles. The molecule has 1 fully saturated rings. The predicted molar refractivity (Wildman–Crippen MR) is 79.9 cm³/mol. The minimum atomic E-state index is -0.799. The molecule has 0 unspecified atom stereocenters. The van der Waals surface area contributed by atoms with Gasteiger partial charge < -0.3 is 9.84 Å². The first-order valence-electron chi connectivity index (χ1n) is 7.03. The van der Waals surface area contributed by atoms with E-state index in [0.29, 0.717) is 23.6 Å². The van der Waals surface area contributed by atoms with Crippen LogP contribution in [0.15, 0.2) is 12.1 Å². The van der Waals surface area contributed by atoms with Crippen molar-refractivity contribution in [3.05, 3.63) is 28.3 Å². The Morgan fingerprint density at radius 2 is 1.95 bits per heavy atom. The fraction of sp³-hybridized carbons (Fsp3) is 0.562. The molecule has 0 saturated heterocycles. The van der Waals surface area contributed by atoms with Crippen molar-refractivity contribution in [2.75, 3.05) is 7.11 Å². The van der Waals surface area contributed by atoms with Gasteiger partial charge in [-0.15, -0.1) is 0 Å². The maximum Gasteiger partial charge on any atom is 0.314 e. The zero-order valence-electron chi connectivity index (χ0n) is 12.2. The third-order valence-corrected chi connectivity index (χ3v) is 4.62. The van der Waals surface area contributed by atoms with Gasteiger partial charge in [0.2, 0.25) is 0 Å². The summed E-state index contributed by atoms with van der Waals surface area (Å²) in [5.41, 5.74) is 0.914. The molecule has 0 radical (unpaired) electrons. The SMILES string of the molecule is COc1cc(C2(C(=O)O)CCCC2)cc(Cl)c1C(C)C. The van der Waals surface area contributed by atoms with E-state index in [2.05, 4.69) is 0 Å². The highest BCUT2D eigenvalue weighted by Crippen LogP contribution is 2.45. The summed E-state index contributed by atoms with van der Waals surface area (Å²) in [6, 6.07) is 3.68. The number of carbonyl (C=O) groups is 1.